The fourth-order valence-corrected chi connectivity index (χ4v) is 2.85. The highest BCUT2D eigenvalue weighted by atomic mass is 35.5. The fourth-order valence-electron chi connectivity index (χ4n) is 2.75. The van der Waals surface area contributed by atoms with Gasteiger partial charge >= 0.3 is 6.36 Å². The molecule has 0 radical (unpaired) electrons. The highest BCUT2D eigenvalue weighted by molar-refractivity contribution is 6.30. The molecule has 1 saturated heterocycles. The molecule has 1 aliphatic rings. The lowest BCUT2D eigenvalue weighted by atomic mass is 10.00. The number of nitrogens with zero attached hydrogens (tertiary/aromatic N) is 5. The zero-order chi connectivity index (χ0) is 21.3. The molecule has 0 bridgehead atoms. The molecule has 13 heteroatoms. The lowest BCUT2D eigenvalue weighted by molar-refractivity contribution is -0.359. The van der Waals surface area contributed by atoms with Crippen LogP contribution in [0.4, 0.5) is 23.4 Å². The molecule has 1 aliphatic heterocycles. The summed E-state index contributed by atoms with van der Waals surface area (Å²) in [5.74, 6) is -1.71. The van der Waals surface area contributed by atoms with E-state index in [2.05, 4.69) is 30.0 Å². The summed E-state index contributed by atoms with van der Waals surface area (Å²) in [5.41, 5.74) is -0.199. The first kappa shape index (κ1) is 21.1. The van der Waals surface area contributed by atoms with Gasteiger partial charge in [0.15, 0.2) is 17.5 Å². The third-order valence-corrected chi connectivity index (χ3v) is 4.51. The normalized spacial score (nSPS) is 20.2. The van der Waals surface area contributed by atoms with Crippen molar-refractivity contribution in [2.24, 2.45) is 0 Å². The fraction of sp³-hybridized carbons (Fsp3) is 0.438. The van der Waals surface area contributed by atoms with Crippen LogP contribution in [0.5, 0.6) is 0 Å². The Hall–Kier alpha value is -2.60. The van der Waals surface area contributed by atoms with E-state index in [0.717, 1.165) is 6.33 Å². The molecule has 156 valence electrons. The van der Waals surface area contributed by atoms with E-state index in [9.17, 15) is 22.4 Å². The molecular formula is C16H15ClF4N6O2. The molecule has 2 aromatic rings. The molecule has 0 aliphatic carbocycles. The summed E-state index contributed by atoms with van der Waals surface area (Å²) >= 11 is 5.70. The molecule has 2 aromatic heterocycles. The zero-order valence-electron chi connectivity index (χ0n) is 15.1. The van der Waals surface area contributed by atoms with Crippen LogP contribution in [0.15, 0.2) is 18.7 Å². The number of amides is 1. The first-order chi connectivity index (χ1) is 13.6. The van der Waals surface area contributed by atoms with Crippen LogP contribution in [0, 0.1) is 5.82 Å². The van der Waals surface area contributed by atoms with Gasteiger partial charge in [-0.2, -0.15) is 0 Å². The number of hydrogen-bond donors (Lipinski definition) is 1. The summed E-state index contributed by atoms with van der Waals surface area (Å²) in [5, 5.41) is 2.86. The van der Waals surface area contributed by atoms with Gasteiger partial charge in [0, 0.05) is 18.9 Å². The van der Waals surface area contributed by atoms with Gasteiger partial charge in [0.1, 0.15) is 24.2 Å². The van der Waals surface area contributed by atoms with Crippen LogP contribution in [0.2, 0.25) is 5.02 Å². The largest absolute Gasteiger partial charge is 0.522 e. The second kappa shape index (κ2) is 8.03. The van der Waals surface area contributed by atoms with Crippen molar-refractivity contribution in [3.63, 3.8) is 0 Å². The number of nitrogens with one attached hydrogen (secondary N) is 1. The van der Waals surface area contributed by atoms with Crippen LogP contribution in [0.25, 0.3) is 11.5 Å². The van der Waals surface area contributed by atoms with Gasteiger partial charge in [-0.1, -0.05) is 11.6 Å². The van der Waals surface area contributed by atoms with E-state index in [1.54, 1.807) is 0 Å². The molecule has 1 N–H and O–H groups in total. The number of carbonyl (C=O) groups is 1. The maximum Gasteiger partial charge on any atom is 0.522 e. The Morgan fingerprint density at radius 1 is 1.31 bits per heavy atom. The summed E-state index contributed by atoms with van der Waals surface area (Å²) in [6, 6.07) is -1.74. The van der Waals surface area contributed by atoms with E-state index in [0.29, 0.717) is 0 Å². The van der Waals surface area contributed by atoms with E-state index in [-0.39, 0.29) is 28.9 Å². The Morgan fingerprint density at radius 3 is 2.55 bits per heavy atom. The summed E-state index contributed by atoms with van der Waals surface area (Å²) < 4.78 is 55.6. The van der Waals surface area contributed by atoms with Crippen molar-refractivity contribution < 1.29 is 27.1 Å². The van der Waals surface area contributed by atoms with Gasteiger partial charge in [-0.25, -0.2) is 24.3 Å². The number of alkyl halides is 3. The lowest BCUT2D eigenvalue weighted by Crippen LogP contribution is -2.65. The van der Waals surface area contributed by atoms with Crippen LogP contribution in [0.3, 0.4) is 0 Å². The van der Waals surface area contributed by atoms with Crippen molar-refractivity contribution in [2.75, 3.05) is 11.9 Å². The summed E-state index contributed by atoms with van der Waals surface area (Å²) in [4.78, 5) is 29.0. The summed E-state index contributed by atoms with van der Waals surface area (Å²) in [7, 11) is 0. The lowest BCUT2D eigenvalue weighted by Gasteiger charge is -2.46. The Labute approximate surface area is 167 Å². The smallest absolute Gasteiger partial charge is 0.356 e. The average molecular weight is 435 g/mol. The van der Waals surface area contributed by atoms with E-state index >= 15 is 0 Å². The van der Waals surface area contributed by atoms with Gasteiger partial charge in [0.25, 0.3) is 0 Å². The van der Waals surface area contributed by atoms with Crippen molar-refractivity contribution in [3.8, 4) is 11.5 Å². The Kier molecular flexibility index (Phi) is 5.85. The molecule has 3 heterocycles. The van der Waals surface area contributed by atoms with Crippen molar-refractivity contribution >= 4 is 23.3 Å². The minimum Gasteiger partial charge on any atom is -0.356 e. The van der Waals surface area contributed by atoms with Crippen LogP contribution in [0.1, 0.15) is 13.8 Å². The summed E-state index contributed by atoms with van der Waals surface area (Å²) in [6.07, 6.45) is -2.31. The van der Waals surface area contributed by atoms with Gasteiger partial charge in [-0.05, 0) is 13.8 Å². The van der Waals surface area contributed by atoms with E-state index in [1.807, 2.05) is 0 Å². The second-order valence-electron chi connectivity index (χ2n) is 6.31. The van der Waals surface area contributed by atoms with Crippen LogP contribution < -0.4 is 5.32 Å². The van der Waals surface area contributed by atoms with Crippen molar-refractivity contribution in [3.05, 3.63) is 29.6 Å². The number of anilines is 1. The molecule has 0 saturated carbocycles. The van der Waals surface area contributed by atoms with Gasteiger partial charge in [0.2, 0.25) is 5.91 Å². The summed E-state index contributed by atoms with van der Waals surface area (Å²) in [6.45, 7) is 2.65. The monoisotopic (exact) mass is 434 g/mol. The Bertz CT molecular complexity index is 898. The third-order valence-electron chi connectivity index (χ3n) is 4.32. The number of hydrogen-bond acceptors (Lipinski definition) is 7. The zero-order valence-corrected chi connectivity index (χ0v) is 15.9. The first-order valence-corrected chi connectivity index (χ1v) is 8.74. The van der Waals surface area contributed by atoms with Crippen molar-refractivity contribution in [2.45, 2.75) is 38.4 Å². The SMILES string of the molecule is C[C@@H](Nc1ncnc(-c2ncc(Cl)cn2)c1F)C(=O)N1C[C@H](OC(F)(F)F)[C@@H]1C. The first-order valence-electron chi connectivity index (χ1n) is 8.37. The number of halogens is 5. The predicted molar refractivity (Wildman–Crippen MR) is 93.2 cm³/mol. The predicted octanol–water partition coefficient (Wildman–Crippen LogP) is 2.66. The quantitative estimate of drug-likeness (QED) is 0.723. The number of rotatable bonds is 5. The molecule has 1 amide bonds. The standard InChI is InChI=1S/C16H15ClF4N6O2/c1-7(15(28)27-5-10(8(27)2)29-16(19,20)21)26-13-11(18)12(24-6-25-13)14-22-3-9(17)4-23-14/h3-4,6-8,10H,5H2,1-2H3,(H,24,25,26)/t7-,8+,10+/m1/s1. The minimum atomic E-state index is -4.78. The molecule has 8 nitrogen and oxygen atoms in total. The third kappa shape index (κ3) is 4.70. The highest BCUT2D eigenvalue weighted by Gasteiger charge is 2.46. The number of aromatic nitrogens is 4. The van der Waals surface area contributed by atoms with E-state index in [1.165, 1.54) is 31.1 Å². The van der Waals surface area contributed by atoms with Gasteiger partial charge < -0.3 is 10.2 Å². The van der Waals surface area contributed by atoms with Crippen LogP contribution in [-0.4, -0.2) is 61.8 Å². The minimum absolute atomic E-state index is 0.0279. The number of likely N-dealkylation sites (tertiary alicyclic amines) is 1. The maximum absolute atomic E-state index is 14.7. The highest BCUT2D eigenvalue weighted by Crippen LogP contribution is 2.29. The molecule has 3 atom stereocenters. The van der Waals surface area contributed by atoms with Crippen LogP contribution in [-0.2, 0) is 9.53 Å². The molecule has 0 spiro atoms. The van der Waals surface area contributed by atoms with E-state index in [4.69, 9.17) is 11.6 Å². The molecule has 1 fully saturated rings. The molecule has 3 rings (SSSR count). The number of ether oxygens (including phenoxy) is 1. The Balaban J connectivity index is 1.68. The van der Waals surface area contributed by atoms with Gasteiger partial charge in [-0.3, -0.25) is 9.53 Å². The molecular weight excluding hydrogens is 420 g/mol. The van der Waals surface area contributed by atoms with Crippen molar-refractivity contribution in [1.29, 1.82) is 0 Å². The van der Waals surface area contributed by atoms with Crippen molar-refractivity contribution in [1.82, 2.24) is 24.8 Å². The molecule has 0 unspecified atom stereocenters. The number of carbonyl (C=O) groups excluding carboxylic acids is 1. The van der Waals surface area contributed by atoms with E-state index < -0.39 is 36.3 Å². The second-order valence-corrected chi connectivity index (χ2v) is 6.75. The Morgan fingerprint density at radius 2 is 1.97 bits per heavy atom. The average Bonchev–Trinajstić information content (AvgIpc) is 2.65. The van der Waals surface area contributed by atoms with Crippen LogP contribution >= 0.6 is 11.6 Å². The maximum atomic E-state index is 14.7. The van der Waals surface area contributed by atoms with Gasteiger partial charge in [0.05, 0.1) is 11.1 Å². The topological polar surface area (TPSA) is 93.1 Å². The molecule has 0 aromatic carbocycles. The molecule has 29 heavy (non-hydrogen) atoms. The van der Waals surface area contributed by atoms with Gasteiger partial charge in [-0.15, -0.1) is 13.2 Å².